The number of nitrogens with one attached hydrogen (secondary N) is 1. The molecule has 4 rings (SSSR count). The summed E-state index contributed by atoms with van der Waals surface area (Å²) in [6, 6.07) is 12.3. The van der Waals surface area contributed by atoms with Crippen LogP contribution in [0.15, 0.2) is 66.0 Å². The van der Waals surface area contributed by atoms with E-state index in [0.29, 0.717) is 27.8 Å². The number of halogens is 2. The number of carbonyl (C=O) groups excluding carboxylic acids is 2. The first-order chi connectivity index (χ1) is 18.2. The fourth-order valence-corrected chi connectivity index (χ4v) is 5.19. The van der Waals surface area contributed by atoms with E-state index in [1.165, 1.54) is 22.7 Å². The lowest BCUT2D eigenvalue weighted by atomic mass is 9.98. The number of carbonyl (C=O) groups is 3. The number of imidazole rings is 1. The average Bonchev–Trinajstić information content (AvgIpc) is 3.30. The molecule has 8 nitrogen and oxygen atoms in total. The van der Waals surface area contributed by atoms with E-state index in [0.717, 1.165) is 10.5 Å². The number of aromatic nitrogens is 2. The average molecular weight is 574 g/mol. The van der Waals surface area contributed by atoms with Gasteiger partial charge in [0.25, 0.3) is 0 Å². The van der Waals surface area contributed by atoms with E-state index in [-0.39, 0.29) is 25.4 Å². The van der Waals surface area contributed by atoms with Crippen LogP contribution in [0.5, 0.6) is 0 Å². The highest BCUT2D eigenvalue weighted by Crippen LogP contribution is 2.35. The molecule has 0 radical (unpaired) electrons. The van der Waals surface area contributed by atoms with Crippen LogP contribution in [0.1, 0.15) is 16.8 Å². The highest BCUT2D eigenvalue weighted by Gasteiger charge is 2.36. The Morgan fingerprint density at radius 1 is 1.16 bits per heavy atom. The van der Waals surface area contributed by atoms with E-state index in [4.69, 9.17) is 23.2 Å². The van der Waals surface area contributed by atoms with Crippen LogP contribution in [0.3, 0.4) is 0 Å². The van der Waals surface area contributed by atoms with Crippen molar-refractivity contribution in [1.29, 1.82) is 0 Å². The van der Waals surface area contributed by atoms with Crippen molar-refractivity contribution in [3.8, 4) is 0 Å². The van der Waals surface area contributed by atoms with Crippen molar-refractivity contribution in [2.45, 2.75) is 23.9 Å². The third kappa shape index (κ3) is 6.78. The Morgan fingerprint density at radius 2 is 1.89 bits per heavy atom. The van der Waals surface area contributed by atoms with Crippen LogP contribution in [0, 0.1) is 5.92 Å². The van der Waals surface area contributed by atoms with Gasteiger partial charge in [-0.05, 0) is 29.5 Å². The largest absolute Gasteiger partial charge is 0.480 e. The zero-order valence-corrected chi connectivity index (χ0v) is 22.8. The molecule has 1 fully saturated rings. The first-order valence-electron chi connectivity index (χ1n) is 11.8. The molecular formula is C27H26Cl2N4O4S. The predicted molar refractivity (Wildman–Crippen MR) is 148 cm³/mol. The van der Waals surface area contributed by atoms with Gasteiger partial charge in [0, 0.05) is 43.2 Å². The molecule has 11 heteroatoms. The molecule has 2 amide bonds. The molecule has 0 unspecified atom stereocenters. The van der Waals surface area contributed by atoms with Crippen LogP contribution in [0.2, 0.25) is 10.0 Å². The van der Waals surface area contributed by atoms with Crippen molar-refractivity contribution in [3.05, 3.63) is 87.9 Å². The normalized spacial score (nSPS) is 14.3. The molecule has 3 aromatic rings. The maximum absolute atomic E-state index is 12.7. The van der Waals surface area contributed by atoms with Crippen LogP contribution in [0.25, 0.3) is 6.08 Å². The molecule has 198 valence electrons. The number of nitrogens with zero attached hydrogens (tertiary/aromatic N) is 3. The first kappa shape index (κ1) is 27.8. The van der Waals surface area contributed by atoms with Crippen LogP contribution >= 0.6 is 35.0 Å². The highest BCUT2D eigenvalue weighted by molar-refractivity contribution is 7.98. The molecule has 1 aliphatic heterocycles. The van der Waals surface area contributed by atoms with Gasteiger partial charge in [-0.3, -0.25) is 9.59 Å². The topological polar surface area (TPSA) is 105 Å². The van der Waals surface area contributed by atoms with Gasteiger partial charge < -0.3 is 19.9 Å². The van der Waals surface area contributed by atoms with E-state index < -0.39 is 23.8 Å². The van der Waals surface area contributed by atoms with Gasteiger partial charge in [0.05, 0.1) is 28.0 Å². The number of likely N-dealkylation sites (tertiary alicyclic amines) is 1. The smallest absolute Gasteiger partial charge is 0.326 e. The zero-order valence-electron chi connectivity index (χ0n) is 20.5. The fourth-order valence-electron chi connectivity index (χ4n) is 4.02. The SMILES string of the molecule is CSc1ccc(/C=C/C(=O)N2CC(C(=O)N[C@@H](Cc3cn(Cc4ccccc4)cn3)C(=O)O)C2)c(Cl)c1Cl. The van der Waals surface area contributed by atoms with Gasteiger partial charge in [0.2, 0.25) is 11.8 Å². The van der Waals surface area contributed by atoms with Gasteiger partial charge in [-0.1, -0.05) is 59.6 Å². The summed E-state index contributed by atoms with van der Waals surface area (Å²) in [5, 5.41) is 13.0. The summed E-state index contributed by atoms with van der Waals surface area (Å²) in [5.74, 6) is -2.30. The number of carboxylic acid groups (broad SMARTS) is 1. The summed E-state index contributed by atoms with van der Waals surface area (Å²) in [4.78, 5) is 43.6. The van der Waals surface area contributed by atoms with Crippen molar-refractivity contribution in [1.82, 2.24) is 19.8 Å². The second-order valence-corrected chi connectivity index (χ2v) is 10.5. The summed E-state index contributed by atoms with van der Waals surface area (Å²) in [7, 11) is 0. The lowest BCUT2D eigenvalue weighted by molar-refractivity contribution is -0.145. The maximum Gasteiger partial charge on any atom is 0.326 e. The van der Waals surface area contributed by atoms with E-state index in [1.54, 1.807) is 24.7 Å². The zero-order chi connectivity index (χ0) is 27.2. The number of rotatable bonds is 10. The van der Waals surface area contributed by atoms with E-state index in [2.05, 4.69) is 10.3 Å². The molecule has 2 aromatic carbocycles. The number of hydrogen-bond acceptors (Lipinski definition) is 5. The van der Waals surface area contributed by atoms with Gasteiger partial charge in [0.1, 0.15) is 6.04 Å². The van der Waals surface area contributed by atoms with Gasteiger partial charge in [-0.2, -0.15) is 0 Å². The molecule has 2 heterocycles. The Balaban J connectivity index is 1.28. The minimum Gasteiger partial charge on any atom is -0.480 e. The standard InChI is InChI=1S/C27H26Cl2N4O4S/c1-38-22-9-7-18(24(28)25(22)29)8-10-23(34)33-13-19(14-33)26(35)31-21(27(36)37)11-20-15-32(16-30-20)12-17-5-3-2-4-6-17/h2-10,15-16,19,21H,11-14H2,1H3,(H,31,35)(H,36,37)/b10-8+/t21-/m0/s1. The fraction of sp³-hybridized carbons (Fsp3) is 0.259. The number of carboxylic acids is 1. The highest BCUT2D eigenvalue weighted by atomic mass is 35.5. The molecule has 1 saturated heterocycles. The molecule has 0 spiro atoms. The van der Waals surface area contributed by atoms with Crippen molar-refractivity contribution >= 4 is 58.8 Å². The summed E-state index contributed by atoms with van der Waals surface area (Å²) in [6.07, 6.45) is 8.34. The summed E-state index contributed by atoms with van der Waals surface area (Å²) < 4.78 is 1.87. The van der Waals surface area contributed by atoms with Crippen molar-refractivity contribution in [3.63, 3.8) is 0 Å². The molecular weight excluding hydrogens is 547 g/mol. The monoisotopic (exact) mass is 572 g/mol. The molecule has 0 saturated carbocycles. The Kier molecular flexibility index (Phi) is 9.14. The van der Waals surface area contributed by atoms with Gasteiger partial charge in [-0.25, -0.2) is 9.78 Å². The van der Waals surface area contributed by atoms with E-state index in [1.807, 2.05) is 47.2 Å². The van der Waals surface area contributed by atoms with Gasteiger partial charge in [-0.15, -0.1) is 11.8 Å². The molecule has 1 aromatic heterocycles. The van der Waals surface area contributed by atoms with Gasteiger partial charge >= 0.3 is 5.97 Å². The second-order valence-electron chi connectivity index (χ2n) is 8.88. The minimum absolute atomic E-state index is 0.0552. The van der Waals surface area contributed by atoms with Crippen molar-refractivity contribution in [2.75, 3.05) is 19.3 Å². The quantitative estimate of drug-likeness (QED) is 0.278. The molecule has 0 aliphatic carbocycles. The van der Waals surface area contributed by atoms with Crippen LogP contribution < -0.4 is 5.32 Å². The van der Waals surface area contributed by atoms with Crippen LogP contribution in [0.4, 0.5) is 0 Å². The minimum atomic E-state index is -1.14. The number of aliphatic carboxylic acids is 1. The van der Waals surface area contributed by atoms with Crippen LogP contribution in [-0.4, -0.2) is 62.7 Å². The molecule has 1 atom stereocenters. The Labute approximate surface area is 234 Å². The molecule has 0 bridgehead atoms. The van der Waals surface area contributed by atoms with E-state index >= 15 is 0 Å². The van der Waals surface area contributed by atoms with Crippen molar-refractivity contribution in [2.24, 2.45) is 5.92 Å². The Morgan fingerprint density at radius 3 is 2.58 bits per heavy atom. The third-order valence-corrected chi connectivity index (χ3v) is 7.98. The summed E-state index contributed by atoms with van der Waals surface area (Å²) in [6.45, 7) is 1.01. The third-order valence-electron chi connectivity index (χ3n) is 6.19. The number of amides is 2. The lowest BCUT2D eigenvalue weighted by Crippen LogP contribution is -2.57. The summed E-state index contributed by atoms with van der Waals surface area (Å²) in [5.41, 5.74) is 2.28. The maximum atomic E-state index is 12.7. The van der Waals surface area contributed by atoms with Crippen LogP contribution in [-0.2, 0) is 27.3 Å². The molecule has 1 aliphatic rings. The van der Waals surface area contributed by atoms with E-state index in [9.17, 15) is 19.5 Å². The van der Waals surface area contributed by atoms with Crippen molar-refractivity contribution < 1.29 is 19.5 Å². The molecule has 2 N–H and O–H groups in total. The lowest BCUT2D eigenvalue weighted by Gasteiger charge is -2.38. The number of benzene rings is 2. The summed E-state index contributed by atoms with van der Waals surface area (Å²) >= 11 is 14.0. The number of thioether (sulfide) groups is 1. The Hall–Kier alpha value is -3.27. The number of hydrogen-bond donors (Lipinski definition) is 2. The first-order valence-corrected chi connectivity index (χ1v) is 13.8. The predicted octanol–water partition coefficient (Wildman–Crippen LogP) is 4.24. The Bertz CT molecular complexity index is 1360. The second kappa shape index (κ2) is 12.5. The molecule has 38 heavy (non-hydrogen) atoms. The van der Waals surface area contributed by atoms with Gasteiger partial charge in [0.15, 0.2) is 0 Å².